The Balaban J connectivity index is 1.80. The number of likely N-dealkylation sites (N-methyl/N-ethyl adjacent to an activating group) is 1. The molecule has 0 saturated carbocycles. The molecule has 0 fully saturated rings. The highest BCUT2D eigenvalue weighted by atomic mass is 16.5. The minimum atomic E-state index is -0.249. The van der Waals surface area contributed by atoms with Crippen molar-refractivity contribution in [2.75, 3.05) is 25.5 Å². The summed E-state index contributed by atoms with van der Waals surface area (Å²) in [4.78, 5) is 25.5. The molecule has 0 spiro atoms. The Morgan fingerprint density at radius 3 is 2.52 bits per heavy atom. The Hall–Kier alpha value is -2.82. The summed E-state index contributed by atoms with van der Waals surface area (Å²) in [6.07, 6.45) is 0.907. The monoisotopic (exact) mass is 340 g/mol. The average Bonchev–Trinajstić information content (AvgIpc) is 2.61. The molecule has 2 rings (SSSR count). The fourth-order valence-corrected chi connectivity index (χ4v) is 2.25. The van der Waals surface area contributed by atoms with Crippen molar-refractivity contribution in [3.05, 3.63) is 59.7 Å². The van der Waals surface area contributed by atoms with E-state index in [1.807, 2.05) is 55.5 Å². The van der Waals surface area contributed by atoms with Crippen molar-refractivity contribution in [3.8, 4) is 5.75 Å². The Labute approximate surface area is 148 Å². The maximum atomic E-state index is 12.1. The second-order valence-corrected chi connectivity index (χ2v) is 5.95. The molecule has 132 valence electrons. The zero-order chi connectivity index (χ0) is 18.2. The van der Waals surface area contributed by atoms with Gasteiger partial charge in [-0.25, -0.2) is 0 Å². The van der Waals surface area contributed by atoms with E-state index in [-0.39, 0.29) is 25.0 Å². The molecule has 2 aromatic carbocycles. The van der Waals surface area contributed by atoms with Gasteiger partial charge >= 0.3 is 0 Å². The van der Waals surface area contributed by atoms with E-state index >= 15 is 0 Å². The summed E-state index contributed by atoms with van der Waals surface area (Å²) in [5, 5.41) is 2.77. The van der Waals surface area contributed by atoms with Gasteiger partial charge in [0.15, 0.2) is 6.61 Å². The van der Waals surface area contributed by atoms with Crippen LogP contribution in [0.5, 0.6) is 5.75 Å². The molecule has 0 atom stereocenters. The quantitative estimate of drug-likeness (QED) is 0.843. The summed E-state index contributed by atoms with van der Waals surface area (Å²) in [5.41, 5.74) is 2.98. The molecule has 0 aliphatic carbocycles. The van der Waals surface area contributed by atoms with Gasteiger partial charge in [-0.3, -0.25) is 9.59 Å². The number of hydrogen-bond donors (Lipinski definition) is 1. The molecule has 25 heavy (non-hydrogen) atoms. The largest absolute Gasteiger partial charge is 0.484 e. The van der Waals surface area contributed by atoms with Gasteiger partial charge in [0.25, 0.3) is 5.91 Å². The molecule has 0 aliphatic heterocycles. The van der Waals surface area contributed by atoms with Crippen LogP contribution in [0.3, 0.4) is 0 Å². The zero-order valence-corrected chi connectivity index (χ0v) is 14.9. The third-order valence-corrected chi connectivity index (χ3v) is 3.81. The highest BCUT2D eigenvalue weighted by Gasteiger charge is 2.14. The number of rotatable bonds is 7. The zero-order valence-electron chi connectivity index (χ0n) is 14.9. The van der Waals surface area contributed by atoms with Gasteiger partial charge in [0.05, 0.1) is 6.54 Å². The molecule has 0 heterocycles. The van der Waals surface area contributed by atoms with E-state index in [9.17, 15) is 9.59 Å². The van der Waals surface area contributed by atoms with Crippen LogP contribution in [0, 0.1) is 6.92 Å². The molecular formula is C20H24N2O3. The predicted molar refractivity (Wildman–Crippen MR) is 98.8 cm³/mol. The van der Waals surface area contributed by atoms with Crippen LogP contribution in [-0.4, -0.2) is 36.9 Å². The van der Waals surface area contributed by atoms with Crippen molar-refractivity contribution in [2.45, 2.75) is 20.3 Å². The Morgan fingerprint density at radius 1 is 1.12 bits per heavy atom. The van der Waals surface area contributed by atoms with Crippen LogP contribution in [0.1, 0.15) is 18.1 Å². The van der Waals surface area contributed by atoms with Gasteiger partial charge in [0, 0.05) is 12.7 Å². The molecular weight excluding hydrogens is 316 g/mol. The van der Waals surface area contributed by atoms with Crippen molar-refractivity contribution in [2.24, 2.45) is 0 Å². The normalized spacial score (nSPS) is 10.2. The first-order chi connectivity index (χ1) is 12.0. The molecule has 0 unspecified atom stereocenters. The fraction of sp³-hybridized carbons (Fsp3) is 0.300. The average molecular weight is 340 g/mol. The Kier molecular flexibility index (Phi) is 6.57. The third kappa shape index (κ3) is 5.95. The lowest BCUT2D eigenvalue weighted by atomic mass is 10.2. The van der Waals surface area contributed by atoms with Crippen LogP contribution < -0.4 is 10.1 Å². The van der Waals surface area contributed by atoms with E-state index in [0.717, 1.165) is 17.5 Å². The summed E-state index contributed by atoms with van der Waals surface area (Å²) in [6.45, 7) is 3.92. The molecule has 5 nitrogen and oxygen atoms in total. The Bertz CT molecular complexity index is 726. The van der Waals surface area contributed by atoms with Crippen molar-refractivity contribution >= 4 is 17.5 Å². The number of nitrogens with zero attached hydrogens (tertiary/aromatic N) is 1. The maximum absolute atomic E-state index is 12.1. The lowest BCUT2D eigenvalue weighted by Crippen LogP contribution is -2.37. The molecule has 2 aromatic rings. The highest BCUT2D eigenvalue weighted by Crippen LogP contribution is 2.13. The van der Waals surface area contributed by atoms with Gasteiger partial charge in [-0.15, -0.1) is 0 Å². The molecule has 0 bridgehead atoms. The number of ether oxygens (including phenoxy) is 1. The van der Waals surface area contributed by atoms with E-state index in [1.54, 1.807) is 7.05 Å². The van der Waals surface area contributed by atoms with Gasteiger partial charge in [0.2, 0.25) is 5.91 Å². The second kappa shape index (κ2) is 8.87. The van der Waals surface area contributed by atoms with Crippen molar-refractivity contribution in [1.82, 2.24) is 4.90 Å². The molecule has 0 saturated heterocycles. The lowest BCUT2D eigenvalue weighted by Gasteiger charge is -2.17. The number of carbonyl (C=O) groups excluding carboxylic acids is 2. The molecule has 0 aliphatic rings. The van der Waals surface area contributed by atoms with E-state index in [1.165, 1.54) is 4.90 Å². The number of nitrogens with one attached hydrogen (secondary N) is 1. The van der Waals surface area contributed by atoms with Crippen LogP contribution in [0.15, 0.2) is 48.5 Å². The van der Waals surface area contributed by atoms with Crippen LogP contribution in [-0.2, 0) is 16.0 Å². The first-order valence-corrected chi connectivity index (χ1v) is 8.30. The molecule has 0 radical (unpaired) electrons. The minimum absolute atomic E-state index is 0.0227. The summed E-state index contributed by atoms with van der Waals surface area (Å²) >= 11 is 0. The number of carbonyl (C=O) groups is 2. The Morgan fingerprint density at radius 2 is 1.84 bits per heavy atom. The molecule has 5 heteroatoms. The summed E-state index contributed by atoms with van der Waals surface area (Å²) in [5.74, 6) is 0.166. The highest BCUT2D eigenvalue weighted by molar-refractivity contribution is 5.94. The van der Waals surface area contributed by atoms with Gasteiger partial charge in [-0.05, 0) is 43.2 Å². The number of anilines is 1. The van der Waals surface area contributed by atoms with Gasteiger partial charge < -0.3 is 15.0 Å². The third-order valence-electron chi connectivity index (χ3n) is 3.81. The first-order valence-electron chi connectivity index (χ1n) is 8.30. The fourth-order valence-electron chi connectivity index (χ4n) is 2.25. The van der Waals surface area contributed by atoms with E-state index in [0.29, 0.717) is 11.4 Å². The van der Waals surface area contributed by atoms with E-state index in [4.69, 9.17) is 4.74 Å². The van der Waals surface area contributed by atoms with Crippen LogP contribution in [0.25, 0.3) is 0 Å². The molecule has 0 aromatic heterocycles. The predicted octanol–water partition coefficient (Wildman–Crippen LogP) is 3.03. The SMILES string of the molecule is CCc1cccc(OCC(=O)N(C)CC(=O)Nc2ccc(C)cc2)c1. The molecule has 2 amide bonds. The number of benzene rings is 2. The number of aryl methyl sites for hydroxylation is 2. The standard InChI is InChI=1S/C20H24N2O3/c1-4-16-6-5-7-18(12-16)25-14-20(24)22(3)13-19(23)21-17-10-8-15(2)9-11-17/h5-12H,4,13-14H2,1-3H3,(H,21,23). The number of amides is 2. The second-order valence-electron chi connectivity index (χ2n) is 5.95. The number of hydrogen-bond acceptors (Lipinski definition) is 3. The van der Waals surface area contributed by atoms with Crippen molar-refractivity contribution in [1.29, 1.82) is 0 Å². The minimum Gasteiger partial charge on any atom is -0.484 e. The summed E-state index contributed by atoms with van der Waals surface area (Å²) in [7, 11) is 1.59. The van der Waals surface area contributed by atoms with Crippen LogP contribution in [0.4, 0.5) is 5.69 Å². The molecule has 1 N–H and O–H groups in total. The smallest absolute Gasteiger partial charge is 0.260 e. The van der Waals surface area contributed by atoms with Crippen LogP contribution >= 0.6 is 0 Å². The topological polar surface area (TPSA) is 58.6 Å². The first kappa shape index (κ1) is 18.5. The summed E-state index contributed by atoms with van der Waals surface area (Å²) in [6, 6.07) is 15.1. The van der Waals surface area contributed by atoms with Crippen molar-refractivity contribution in [3.63, 3.8) is 0 Å². The summed E-state index contributed by atoms with van der Waals surface area (Å²) < 4.78 is 5.52. The van der Waals surface area contributed by atoms with Gasteiger partial charge in [0.1, 0.15) is 5.75 Å². The van der Waals surface area contributed by atoms with Gasteiger partial charge in [-0.2, -0.15) is 0 Å². The van der Waals surface area contributed by atoms with Crippen LogP contribution in [0.2, 0.25) is 0 Å². The van der Waals surface area contributed by atoms with E-state index in [2.05, 4.69) is 12.2 Å². The van der Waals surface area contributed by atoms with Crippen molar-refractivity contribution < 1.29 is 14.3 Å². The van der Waals surface area contributed by atoms with E-state index < -0.39 is 0 Å². The lowest BCUT2D eigenvalue weighted by molar-refractivity contribution is -0.135. The maximum Gasteiger partial charge on any atom is 0.260 e. The van der Waals surface area contributed by atoms with Gasteiger partial charge in [-0.1, -0.05) is 36.8 Å².